The number of imidazole rings is 1. The van der Waals surface area contributed by atoms with E-state index in [0.717, 1.165) is 12.8 Å². The fourth-order valence-corrected chi connectivity index (χ4v) is 4.65. The zero-order valence-electron chi connectivity index (χ0n) is 18.1. The van der Waals surface area contributed by atoms with Crippen LogP contribution in [0, 0.1) is 0 Å². The monoisotopic (exact) mass is 476 g/mol. The highest BCUT2D eigenvalue weighted by Crippen LogP contribution is 2.22. The van der Waals surface area contributed by atoms with Crippen LogP contribution in [-0.2, 0) is 10.2 Å². The summed E-state index contributed by atoms with van der Waals surface area (Å²) in [5.74, 6) is 0.139. The first-order valence-electron chi connectivity index (χ1n) is 10.5. The molecule has 1 saturated carbocycles. The molecule has 3 aromatic heterocycles. The molecule has 15 heteroatoms. The largest absolute Gasteiger partial charge is 0.493 e. The average Bonchev–Trinajstić information content (AvgIpc) is 3.41. The van der Waals surface area contributed by atoms with Crippen LogP contribution in [0.4, 0.5) is 5.95 Å². The second kappa shape index (κ2) is 7.93. The molecular formula is C18H24N10O4S. The Morgan fingerprint density at radius 2 is 1.91 bits per heavy atom. The Labute approximate surface area is 188 Å². The summed E-state index contributed by atoms with van der Waals surface area (Å²) < 4.78 is 29.0. The molecular weight excluding hydrogens is 452 g/mol. The zero-order chi connectivity index (χ0) is 23.3. The highest BCUT2D eigenvalue weighted by Gasteiger charge is 2.30. The summed E-state index contributed by atoms with van der Waals surface area (Å²) in [6.07, 6.45) is 5.10. The fraction of sp³-hybridized carbons (Fsp3) is 0.500. The molecule has 33 heavy (non-hydrogen) atoms. The predicted octanol–water partition coefficient (Wildman–Crippen LogP) is -2.61. The molecule has 0 unspecified atom stereocenters. The van der Waals surface area contributed by atoms with Gasteiger partial charge in [-0.3, -0.25) is 4.98 Å². The van der Waals surface area contributed by atoms with E-state index in [2.05, 4.69) is 30.0 Å². The van der Waals surface area contributed by atoms with Gasteiger partial charge in [0, 0.05) is 45.5 Å². The summed E-state index contributed by atoms with van der Waals surface area (Å²) in [4.78, 5) is 32.1. The Bertz CT molecular complexity index is 1480. The molecule has 0 aromatic carbocycles. The number of rotatable bonds is 5. The third-order valence-corrected chi connectivity index (χ3v) is 7.50. The predicted molar refractivity (Wildman–Crippen MR) is 118 cm³/mol. The quantitative estimate of drug-likeness (QED) is 0.360. The number of piperazine rings is 1. The van der Waals surface area contributed by atoms with E-state index in [1.165, 1.54) is 27.2 Å². The lowest BCUT2D eigenvalue weighted by Gasteiger charge is -2.35. The Balaban J connectivity index is 1.55. The average molecular weight is 477 g/mol. The highest BCUT2D eigenvalue weighted by atomic mass is 32.2. The van der Waals surface area contributed by atoms with E-state index in [0.29, 0.717) is 48.6 Å². The maximum absolute atomic E-state index is 12.4. The summed E-state index contributed by atoms with van der Waals surface area (Å²) in [6.45, 7) is 1.46. The first kappa shape index (κ1) is 21.5. The molecule has 1 aliphatic carbocycles. The Kier molecular flexibility index (Phi) is 5.18. The molecule has 0 spiro atoms. The van der Waals surface area contributed by atoms with Crippen molar-refractivity contribution in [3.63, 3.8) is 0 Å². The van der Waals surface area contributed by atoms with Crippen LogP contribution in [0.25, 0.3) is 11.7 Å². The van der Waals surface area contributed by atoms with Gasteiger partial charge < -0.3 is 15.0 Å². The second-order valence-electron chi connectivity index (χ2n) is 8.18. The molecule has 5 rings (SSSR count). The van der Waals surface area contributed by atoms with Gasteiger partial charge in [-0.25, -0.2) is 9.79 Å². The van der Waals surface area contributed by atoms with Gasteiger partial charge in [0.2, 0.25) is 11.8 Å². The Morgan fingerprint density at radius 3 is 2.52 bits per heavy atom. The number of nitrogens with zero attached hydrogens (tertiary/aromatic N) is 8. The summed E-state index contributed by atoms with van der Waals surface area (Å²) in [5.41, 5.74) is 0.551. The molecule has 3 aromatic rings. The maximum atomic E-state index is 12.4. The summed E-state index contributed by atoms with van der Waals surface area (Å²) in [5, 5.41) is 14.8. The first-order chi connectivity index (χ1) is 15.7. The van der Waals surface area contributed by atoms with Crippen LogP contribution in [0.3, 0.4) is 0 Å². The van der Waals surface area contributed by atoms with Crippen LogP contribution in [0.5, 0.6) is 5.88 Å². The van der Waals surface area contributed by atoms with Crippen molar-refractivity contribution in [3.8, 4) is 5.88 Å². The van der Waals surface area contributed by atoms with Crippen molar-refractivity contribution in [1.29, 1.82) is 0 Å². The lowest BCUT2D eigenvalue weighted by Crippen LogP contribution is -2.52. The van der Waals surface area contributed by atoms with Crippen molar-refractivity contribution in [2.75, 3.05) is 45.2 Å². The van der Waals surface area contributed by atoms with Crippen molar-refractivity contribution in [3.05, 3.63) is 33.2 Å². The minimum atomic E-state index is -3.48. The minimum Gasteiger partial charge on any atom is -0.493 e. The lowest BCUT2D eigenvalue weighted by molar-refractivity contribution is 0.354. The molecule has 4 heterocycles. The van der Waals surface area contributed by atoms with E-state index < -0.39 is 15.9 Å². The third-order valence-electron chi connectivity index (χ3n) is 5.56. The number of aromatic nitrogens is 6. The molecule has 176 valence electrons. The van der Waals surface area contributed by atoms with Gasteiger partial charge >= 0.3 is 5.69 Å². The SMILES string of the molecule is CN(C)S(=O)(=O)N1CCN(c2nc(=NC3CC3)n3nc/c(=C\c4[nH]c(=O)[nH]c4O)c3n2)CC1. The molecule has 0 bridgehead atoms. The van der Waals surface area contributed by atoms with Crippen LogP contribution >= 0.6 is 0 Å². The van der Waals surface area contributed by atoms with Crippen molar-refractivity contribution in [2.45, 2.75) is 18.9 Å². The lowest BCUT2D eigenvalue weighted by atomic mass is 10.3. The summed E-state index contributed by atoms with van der Waals surface area (Å²) >= 11 is 0. The van der Waals surface area contributed by atoms with E-state index in [9.17, 15) is 18.3 Å². The van der Waals surface area contributed by atoms with Gasteiger partial charge in [0.15, 0.2) is 5.65 Å². The first-order valence-corrected chi connectivity index (χ1v) is 11.9. The molecule has 1 aliphatic heterocycles. The Hall–Kier alpha value is -3.30. The topological polar surface area (TPSA) is 168 Å². The number of hydrogen-bond acceptors (Lipinski definition) is 9. The number of aromatic amines is 2. The van der Waals surface area contributed by atoms with Gasteiger partial charge in [0.1, 0.15) is 5.69 Å². The molecule has 0 radical (unpaired) electrons. The van der Waals surface area contributed by atoms with Crippen molar-refractivity contribution < 1.29 is 13.5 Å². The number of nitrogens with one attached hydrogen (secondary N) is 2. The van der Waals surface area contributed by atoms with Crippen LogP contribution in [0.1, 0.15) is 18.5 Å². The minimum absolute atomic E-state index is 0.194. The van der Waals surface area contributed by atoms with E-state index in [1.807, 2.05) is 4.90 Å². The van der Waals surface area contributed by atoms with Crippen LogP contribution < -0.4 is 21.4 Å². The van der Waals surface area contributed by atoms with E-state index in [1.54, 1.807) is 12.3 Å². The molecule has 2 fully saturated rings. The van der Waals surface area contributed by atoms with Gasteiger partial charge in [0.05, 0.1) is 12.2 Å². The second-order valence-corrected chi connectivity index (χ2v) is 10.3. The number of H-pyrrole nitrogens is 2. The number of aromatic hydroxyl groups is 1. The van der Waals surface area contributed by atoms with Gasteiger partial charge in [-0.1, -0.05) is 0 Å². The van der Waals surface area contributed by atoms with E-state index >= 15 is 0 Å². The highest BCUT2D eigenvalue weighted by molar-refractivity contribution is 7.86. The van der Waals surface area contributed by atoms with Crippen LogP contribution in [0.2, 0.25) is 0 Å². The molecule has 1 saturated heterocycles. The molecule has 2 aliphatic rings. The zero-order valence-corrected chi connectivity index (χ0v) is 18.9. The summed E-state index contributed by atoms with van der Waals surface area (Å²) in [6, 6.07) is 0.194. The van der Waals surface area contributed by atoms with Crippen LogP contribution in [0.15, 0.2) is 16.0 Å². The maximum Gasteiger partial charge on any atom is 0.326 e. The fourth-order valence-electron chi connectivity index (χ4n) is 3.56. The van der Waals surface area contributed by atoms with Crippen molar-refractivity contribution >= 4 is 27.9 Å². The number of hydrogen-bond donors (Lipinski definition) is 3. The molecule has 14 nitrogen and oxygen atoms in total. The standard InChI is InChI=1S/C18H24N10O4S/c1-25(2)33(31,32)27-7-5-26(6-8-27)16-22-14-11(9-13-15(29)23-18(30)21-13)10-19-28(14)17(24-16)20-12-3-4-12/h9-10,12,29H,3-8H2,1-2H3,(H2,21,23,30)/b11-9+,20-17?. The molecule has 0 atom stereocenters. The van der Waals surface area contributed by atoms with Crippen LogP contribution in [-0.4, -0.2) is 98.0 Å². The van der Waals surface area contributed by atoms with Gasteiger partial charge in [0.25, 0.3) is 15.8 Å². The van der Waals surface area contributed by atoms with Crippen molar-refractivity contribution in [2.24, 2.45) is 4.99 Å². The molecule has 3 N–H and O–H groups in total. The smallest absolute Gasteiger partial charge is 0.326 e. The van der Waals surface area contributed by atoms with Gasteiger partial charge in [-0.05, 0) is 18.9 Å². The third kappa shape index (κ3) is 4.09. The van der Waals surface area contributed by atoms with Gasteiger partial charge in [-0.15, -0.1) is 0 Å². The van der Waals surface area contributed by atoms with Crippen molar-refractivity contribution in [1.82, 2.24) is 38.2 Å². The molecule has 0 amide bonds. The van der Waals surface area contributed by atoms with E-state index in [4.69, 9.17) is 0 Å². The number of anilines is 1. The van der Waals surface area contributed by atoms with Gasteiger partial charge in [-0.2, -0.15) is 36.6 Å². The van der Waals surface area contributed by atoms with E-state index in [-0.39, 0.29) is 17.6 Å². The normalized spacial score (nSPS) is 19.3. The summed E-state index contributed by atoms with van der Waals surface area (Å²) in [7, 11) is -0.462. The number of fused-ring (bicyclic) bond motifs is 1. The Morgan fingerprint density at radius 1 is 1.18 bits per heavy atom.